The lowest BCUT2D eigenvalue weighted by Gasteiger charge is -2.18. The van der Waals surface area contributed by atoms with E-state index in [0.717, 1.165) is 11.1 Å². The van der Waals surface area contributed by atoms with Gasteiger partial charge in [0.05, 0.1) is 12.6 Å². The number of rotatable bonds is 9. The Labute approximate surface area is 170 Å². The second-order valence-corrected chi connectivity index (χ2v) is 7.09. The lowest BCUT2D eigenvalue weighted by atomic mass is 10.1. The van der Waals surface area contributed by atoms with Gasteiger partial charge >= 0.3 is 0 Å². The van der Waals surface area contributed by atoms with E-state index in [1.165, 1.54) is 0 Å². The number of carbonyl (C=O) groups excluding carboxylic acids is 2. The summed E-state index contributed by atoms with van der Waals surface area (Å²) in [7, 11) is 0. The van der Waals surface area contributed by atoms with Gasteiger partial charge in [0.15, 0.2) is 0 Å². The fourth-order valence-electron chi connectivity index (χ4n) is 2.73. The number of aryl methyl sites for hydroxylation is 1. The van der Waals surface area contributed by atoms with Crippen LogP contribution in [0.3, 0.4) is 0 Å². The molecule has 0 aliphatic rings. The molecule has 0 fully saturated rings. The molecule has 0 saturated heterocycles. The van der Waals surface area contributed by atoms with Crippen LogP contribution in [0.1, 0.15) is 30.0 Å². The van der Waals surface area contributed by atoms with E-state index in [1.54, 1.807) is 25.1 Å². The summed E-state index contributed by atoms with van der Waals surface area (Å²) in [4.78, 5) is 24.5. The summed E-state index contributed by atoms with van der Waals surface area (Å²) >= 11 is 5.96. The first kappa shape index (κ1) is 21.9. The second-order valence-electron chi connectivity index (χ2n) is 6.65. The summed E-state index contributed by atoms with van der Waals surface area (Å²) < 4.78 is 0. The predicted molar refractivity (Wildman–Crippen MR) is 110 cm³/mol. The second kappa shape index (κ2) is 10.8. The molecule has 0 bridgehead atoms. The van der Waals surface area contributed by atoms with Crippen LogP contribution in [0.25, 0.3) is 0 Å². The van der Waals surface area contributed by atoms with Gasteiger partial charge in [-0.3, -0.25) is 9.59 Å². The number of nitrogens with one attached hydrogen (secondary N) is 2. The van der Waals surface area contributed by atoms with Gasteiger partial charge in [0.25, 0.3) is 0 Å². The summed E-state index contributed by atoms with van der Waals surface area (Å²) in [6, 6.07) is 13.4. The lowest BCUT2D eigenvalue weighted by Crippen LogP contribution is -2.50. The fraction of sp³-hybridized carbons (Fsp3) is 0.333. The van der Waals surface area contributed by atoms with Crippen LogP contribution >= 0.6 is 11.6 Å². The van der Waals surface area contributed by atoms with Gasteiger partial charge in [-0.15, -0.1) is 0 Å². The molecule has 5 N–H and O–H groups in total. The van der Waals surface area contributed by atoms with Crippen LogP contribution in [0.4, 0.5) is 0 Å². The van der Waals surface area contributed by atoms with Gasteiger partial charge < -0.3 is 21.5 Å². The Morgan fingerprint density at radius 2 is 1.82 bits per heavy atom. The number of benzene rings is 2. The van der Waals surface area contributed by atoms with Crippen molar-refractivity contribution in [1.82, 2.24) is 10.6 Å². The predicted octanol–water partition coefficient (Wildman–Crippen LogP) is 1.91. The Morgan fingerprint density at radius 1 is 1.11 bits per heavy atom. The van der Waals surface area contributed by atoms with E-state index in [1.807, 2.05) is 30.3 Å². The molecule has 2 atom stereocenters. The largest absolute Gasteiger partial charge is 0.392 e. The molecule has 0 aromatic heterocycles. The van der Waals surface area contributed by atoms with Crippen molar-refractivity contribution in [2.24, 2.45) is 5.73 Å². The molecule has 0 aliphatic heterocycles. The third-order valence-corrected chi connectivity index (χ3v) is 4.70. The van der Waals surface area contributed by atoms with Gasteiger partial charge in [0, 0.05) is 11.6 Å². The Kier molecular flexibility index (Phi) is 8.44. The van der Waals surface area contributed by atoms with Crippen molar-refractivity contribution in [1.29, 1.82) is 0 Å². The van der Waals surface area contributed by atoms with Gasteiger partial charge in [-0.2, -0.15) is 0 Å². The highest BCUT2D eigenvalue weighted by molar-refractivity contribution is 6.30. The number of amides is 2. The number of carbonyl (C=O) groups is 2. The van der Waals surface area contributed by atoms with Crippen LogP contribution in [-0.2, 0) is 29.2 Å². The van der Waals surface area contributed by atoms with Crippen LogP contribution in [-0.4, -0.2) is 29.0 Å². The highest BCUT2D eigenvalue weighted by Gasteiger charge is 2.20. The smallest absolute Gasteiger partial charge is 0.242 e. The number of nitrogens with two attached hydrogens (primary N) is 1. The molecule has 6 nitrogen and oxygen atoms in total. The first-order valence-corrected chi connectivity index (χ1v) is 9.54. The Hall–Kier alpha value is -2.41. The van der Waals surface area contributed by atoms with E-state index >= 15 is 0 Å². The molecule has 2 amide bonds. The number of aliphatic hydroxyl groups is 1. The van der Waals surface area contributed by atoms with Crippen LogP contribution < -0.4 is 16.4 Å². The van der Waals surface area contributed by atoms with Crippen LogP contribution in [0.15, 0.2) is 48.5 Å². The topological polar surface area (TPSA) is 104 Å². The van der Waals surface area contributed by atoms with Gasteiger partial charge in [-0.1, -0.05) is 48.0 Å². The van der Waals surface area contributed by atoms with Gasteiger partial charge in [-0.25, -0.2) is 0 Å². The van der Waals surface area contributed by atoms with Crippen molar-refractivity contribution < 1.29 is 14.7 Å². The van der Waals surface area contributed by atoms with Crippen LogP contribution in [0.5, 0.6) is 0 Å². The van der Waals surface area contributed by atoms with E-state index in [9.17, 15) is 14.7 Å². The fourth-order valence-corrected chi connectivity index (χ4v) is 2.93. The molecule has 150 valence electrons. The Morgan fingerprint density at radius 3 is 2.50 bits per heavy atom. The minimum absolute atomic E-state index is 0.148. The molecule has 0 aliphatic carbocycles. The molecule has 0 spiro atoms. The number of halogens is 1. The zero-order chi connectivity index (χ0) is 20.5. The van der Waals surface area contributed by atoms with Crippen molar-refractivity contribution in [2.75, 3.05) is 0 Å². The summed E-state index contributed by atoms with van der Waals surface area (Å²) in [5, 5.41) is 15.3. The van der Waals surface area contributed by atoms with Gasteiger partial charge in [0.2, 0.25) is 11.8 Å². The minimum Gasteiger partial charge on any atom is -0.392 e. The highest BCUT2D eigenvalue weighted by atomic mass is 35.5. The monoisotopic (exact) mass is 403 g/mol. The maximum Gasteiger partial charge on any atom is 0.242 e. The van der Waals surface area contributed by atoms with Crippen molar-refractivity contribution >= 4 is 23.4 Å². The van der Waals surface area contributed by atoms with Crippen LogP contribution in [0, 0.1) is 0 Å². The molecule has 0 radical (unpaired) electrons. The molecule has 2 unspecified atom stereocenters. The van der Waals surface area contributed by atoms with E-state index < -0.39 is 12.1 Å². The molecule has 2 aromatic carbocycles. The number of aliphatic hydroxyl groups excluding tert-OH is 1. The number of hydrogen-bond acceptors (Lipinski definition) is 4. The molecule has 7 heteroatoms. The summed E-state index contributed by atoms with van der Waals surface area (Å²) in [6.45, 7) is 1.66. The molecule has 2 rings (SSSR count). The lowest BCUT2D eigenvalue weighted by molar-refractivity contribution is -0.129. The third kappa shape index (κ3) is 6.64. The molecular formula is C21H26ClN3O3. The minimum atomic E-state index is -0.730. The first-order valence-electron chi connectivity index (χ1n) is 9.16. The molecule has 2 aromatic rings. The first-order chi connectivity index (χ1) is 13.4. The van der Waals surface area contributed by atoms with Crippen molar-refractivity contribution in [3.8, 4) is 0 Å². The van der Waals surface area contributed by atoms with Crippen molar-refractivity contribution in [2.45, 2.75) is 45.0 Å². The Bertz CT molecular complexity index is 799. The normalized spacial score (nSPS) is 12.9. The van der Waals surface area contributed by atoms with E-state index in [-0.39, 0.29) is 25.0 Å². The molecular weight excluding hydrogens is 378 g/mol. The molecule has 0 saturated carbocycles. The van der Waals surface area contributed by atoms with Crippen molar-refractivity contribution in [3.05, 3.63) is 70.2 Å². The summed E-state index contributed by atoms with van der Waals surface area (Å²) in [5.41, 5.74) is 8.46. The zero-order valence-electron chi connectivity index (χ0n) is 15.8. The van der Waals surface area contributed by atoms with E-state index in [4.69, 9.17) is 17.3 Å². The van der Waals surface area contributed by atoms with E-state index in [2.05, 4.69) is 10.6 Å². The van der Waals surface area contributed by atoms with Gasteiger partial charge in [0.1, 0.15) is 6.04 Å². The average molecular weight is 404 g/mol. The van der Waals surface area contributed by atoms with E-state index in [0.29, 0.717) is 23.4 Å². The average Bonchev–Trinajstić information content (AvgIpc) is 2.70. The highest BCUT2D eigenvalue weighted by Crippen LogP contribution is 2.16. The Balaban J connectivity index is 1.81. The maximum atomic E-state index is 12.3. The van der Waals surface area contributed by atoms with Gasteiger partial charge in [-0.05, 0) is 48.6 Å². The standard InChI is InChI=1S/C21H26ClN3O3/c1-14(20(27)24-12-17-11-18(22)9-8-16(17)13-26)25-21(28)19(23)10-7-15-5-3-2-4-6-15/h2-6,8-9,11,14,19,26H,7,10,12-13,23H2,1H3,(H,24,27)(H,25,28). The zero-order valence-corrected chi connectivity index (χ0v) is 16.6. The quantitative estimate of drug-likeness (QED) is 0.513. The summed E-state index contributed by atoms with van der Waals surface area (Å²) in [5.74, 6) is -0.704. The number of hydrogen-bond donors (Lipinski definition) is 4. The SMILES string of the molecule is CC(NC(=O)C(N)CCc1ccccc1)C(=O)NCc1cc(Cl)ccc1CO. The summed E-state index contributed by atoms with van der Waals surface area (Å²) in [6.07, 6.45) is 1.18. The maximum absolute atomic E-state index is 12.3. The molecule has 28 heavy (non-hydrogen) atoms. The third-order valence-electron chi connectivity index (χ3n) is 4.47. The molecule has 0 heterocycles. The van der Waals surface area contributed by atoms with Crippen LogP contribution in [0.2, 0.25) is 5.02 Å². The van der Waals surface area contributed by atoms with Crippen molar-refractivity contribution in [3.63, 3.8) is 0 Å².